The van der Waals surface area contributed by atoms with Crippen LogP contribution in [-0.2, 0) is 16.1 Å². The van der Waals surface area contributed by atoms with Crippen LogP contribution in [0.2, 0.25) is 0 Å². The smallest absolute Gasteiger partial charge is 0.253 e. The quantitative estimate of drug-likeness (QED) is 0.521. The lowest BCUT2D eigenvalue weighted by Gasteiger charge is -2.16. The second-order valence-corrected chi connectivity index (χ2v) is 8.10. The fourth-order valence-corrected chi connectivity index (χ4v) is 4.15. The van der Waals surface area contributed by atoms with Gasteiger partial charge in [0.1, 0.15) is 6.04 Å². The van der Waals surface area contributed by atoms with E-state index in [1.54, 1.807) is 11.1 Å². The summed E-state index contributed by atoms with van der Waals surface area (Å²) in [5.41, 5.74) is 5.20. The van der Waals surface area contributed by atoms with Gasteiger partial charge in [-0.25, -0.2) is 4.98 Å². The van der Waals surface area contributed by atoms with Crippen LogP contribution in [0.5, 0.6) is 0 Å². The minimum Gasteiger partial charge on any atom is -0.326 e. The molecule has 0 fully saturated rings. The molecule has 1 aliphatic heterocycles. The van der Waals surface area contributed by atoms with Gasteiger partial charge in [0.2, 0.25) is 11.9 Å². The highest BCUT2D eigenvalue weighted by Gasteiger charge is 2.41. The van der Waals surface area contributed by atoms with E-state index in [-0.39, 0.29) is 18.2 Å². The van der Waals surface area contributed by atoms with E-state index in [1.165, 1.54) is 0 Å². The van der Waals surface area contributed by atoms with Gasteiger partial charge in [0.05, 0.1) is 29.7 Å². The summed E-state index contributed by atoms with van der Waals surface area (Å²) >= 11 is 0. The van der Waals surface area contributed by atoms with Crippen LogP contribution in [0.3, 0.4) is 0 Å². The molecule has 32 heavy (non-hydrogen) atoms. The third kappa shape index (κ3) is 3.51. The first-order valence-corrected chi connectivity index (χ1v) is 10.6. The zero-order chi connectivity index (χ0) is 22.2. The van der Waals surface area contributed by atoms with E-state index in [1.807, 2.05) is 79.1 Å². The second kappa shape index (κ2) is 7.92. The number of carbonyl (C=O) groups is 2. The van der Waals surface area contributed by atoms with Crippen LogP contribution in [0, 0.1) is 13.8 Å². The summed E-state index contributed by atoms with van der Waals surface area (Å²) < 4.78 is 1.88. The lowest BCUT2D eigenvalue weighted by atomic mass is 10.1. The third-order valence-electron chi connectivity index (χ3n) is 5.77. The molecule has 0 bridgehead atoms. The molecule has 4 aromatic rings. The van der Waals surface area contributed by atoms with Crippen molar-refractivity contribution in [3.05, 3.63) is 83.7 Å². The number of para-hydroxylation sites is 2. The number of anilines is 2. The summed E-state index contributed by atoms with van der Waals surface area (Å²) in [6.45, 7) is 4.24. The number of rotatable bonds is 5. The van der Waals surface area contributed by atoms with Crippen LogP contribution in [0.1, 0.15) is 29.3 Å². The lowest BCUT2D eigenvalue weighted by Crippen LogP contribution is -2.31. The van der Waals surface area contributed by atoms with E-state index in [4.69, 9.17) is 4.98 Å². The van der Waals surface area contributed by atoms with Gasteiger partial charge in [-0.05, 0) is 55.3 Å². The molecule has 1 N–H and O–H groups in total. The van der Waals surface area contributed by atoms with Gasteiger partial charge in [-0.2, -0.15) is 0 Å². The molecule has 0 radical (unpaired) electrons. The number of hydrogen-bond donors (Lipinski definition) is 1. The Balaban J connectivity index is 1.48. The van der Waals surface area contributed by atoms with Crippen LogP contribution >= 0.6 is 0 Å². The number of aryl methyl sites for hydroxylation is 2. The minimum atomic E-state index is -0.661. The summed E-state index contributed by atoms with van der Waals surface area (Å²) in [6.07, 6.45) is 1.73. The van der Waals surface area contributed by atoms with E-state index in [9.17, 15) is 9.59 Å². The van der Waals surface area contributed by atoms with Crippen LogP contribution in [0.4, 0.5) is 11.6 Å². The molecule has 0 saturated heterocycles. The average molecular weight is 425 g/mol. The van der Waals surface area contributed by atoms with Crippen molar-refractivity contribution in [3.63, 3.8) is 0 Å². The number of imidazole rings is 1. The predicted molar refractivity (Wildman–Crippen MR) is 123 cm³/mol. The summed E-state index contributed by atoms with van der Waals surface area (Å²) in [4.78, 5) is 37.1. The van der Waals surface area contributed by atoms with E-state index < -0.39 is 6.04 Å². The maximum absolute atomic E-state index is 13.4. The van der Waals surface area contributed by atoms with Gasteiger partial charge in [-0.3, -0.25) is 24.0 Å². The molecule has 5 rings (SSSR count). The van der Waals surface area contributed by atoms with E-state index in [0.717, 1.165) is 33.5 Å². The molecule has 1 atom stereocenters. The maximum atomic E-state index is 13.4. The predicted octanol–water partition coefficient (Wildman–Crippen LogP) is 4.16. The number of fused-ring (bicyclic) bond motifs is 3. The summed E-state index contributed by atoms with van der Waals surface area (Å²) in [6, 6.07) is 18.5. The molecular formula is C25H23N5O2. The number of amides is 2. The Hall–Kier alpha value is -4.00. The molecule has 1 aliphatic rings. The standard InChI is InChI=1S/C25H23N5O2/c1-16-10-11-17(2)20(13-16)27-23(31)14-22-24(32)29(15-18-7-5-6-12-26-18)25-28-19-8-3-4-9-21(19)30(22)25/h3-13,22H,14-15H2,1-2H3,(H,27,31)/t22-/m1/s1. The van der Waals surface area contributed by atoms with Crippen molar-refractivity contribution in [1.82, 2.24) is 14.5 Å². The number of nitrogens with one attached hydrogen (secondary N) is 1. The molecule has 2 aromatic heterocycles. The van der Waals surface area contributed by atoms with Crippen molar-refractivity contribution in [1.29, 1.82) is 0 Å². The molecule has 0 saturated carbocycles. The van der Waals surface area contributed by atoms with Crippen molar-refractivity contribution in [2.45, 2.75) is 32.9 Å². The van der Waals surface area contributed by atoms with Gasteiger partial charge in [0.15, 0.2) is 0 Å². The fraction of sp³-hybridized carbons (Fsp3) is 0.200. The van der Waals surface area contributed by atoms with Crippen LogP contribution < -0.4 is 10.2 Å². The largest absolute Gasteiger partial charge is 0.326 e. The molecule has 3 heterocycles. The van der Waals surface area contributed by atoms with E-state index >= 15 is 0 Å². The average Bonchev–Trinajstić information content (AvgIpc) is 3.28. The molecule has 7 heteroatoms. The Labute approximate surface area is 185 Å². The van der Waals surface area contributed by atoms with Crippen molar-refractivity contribution < 1.29 is 9.59 Å². The highest BCUT2D eigenvalue weighted by atomic mass is 16.2. The van der Waals surface area contributed by atoms with Crippen molar-refractivity contribution in [2.75, 3.05) is 10.2 Å². The minimum absolute atomic E-state index is 0.0261. The summed E-state index contributed by atoms with van der Waals surface area (Å²) in [7, 11) is 0. The highest BCUT2D eigenvalue weighted by Crippen LogP contribution is 2.37. The topological polar surface area (TPSA) is 80.1 Å². The molecular weight excluding hydrogens is 402 g/mol. The van der Waals surface area contributed by atoms with Crippen molar-refractivity contribution in [2.24, 2.45) is 0 Å². The first-order chi connectivity index (χ1) is 15.5. The normalized spacial score (nSPS) is 15.2. The SMILES string of the molecule is Cc1ccc(C)c(NC(=O)C[C@@H]2C(=O)N(Cc3ccccn3)c3nc4ccccc4n32)c1. The molecule has 0 spiro atoms. The maximum Gasteiger partial charge on any atom is 0.253 e. The molecule has 160 valence electrons. The third-order valence-corrected chi connectivity index (χ3v) is 5.77. The Morgan fingerprint density at radius 1 is 1.06 bits per heavy atom. The molecule has 0 unspecified atom stereocenters. The van der Waals surface area contributed by atoms with Gasteiger partial charge < -0.3 is 5.32 Å². The number of aromatic nitrogens is 3. The molecule has 7 nitrogen and oxygen atoms in total. The van der Waals surface area contributed by atoms with Crippen molar-refractivity contribution >= 4 is 34.5 Å². The van der Waals surface area contributed by atoms with Gasteiger partial charge in [0.25, 0.3) is 5.91 Å². The first-order valence-electron chi connectivity index (χ1n) is 10.6. The van der Waals surface area contributed by atoms with E-state index in [0.29, 0.717) is 12.5 Å². The number of carbonyl (C=O) groups excluding carboxylic acids is 2. The van der Waals surface area contributed by atoms with Crippen molar-refractivity contribution in [3.8, 4) is 0 Å². The monoisotopic (exact) mass is 425 g/mol. The number of hydrogen-bond acceptors (Lipinski definition) is 4. The first kappa shape index (κ1) is 19.9. The zero-order valence-corrected chi connectivity index (χ0v) is 17.9. The Kier molecular flexibility index (Phi) is 4.93. The van der Waals surface area contributed by atoms with Gasteiger partial charge in [-0.1, -0.05) is 30.3 Å². The number of pyridine rings is 1. The Morgan fingerprint density at radius 3 is 2.69 bits per heavy atom. The van der Waals surface area contributed by atoms with Gasteiger partial charge in [0, 0.05) is 11.9 Å². The summed E-state index contributed by atoms with van der Waals surface area (Å²) in [5.74, 6) is 0.187. The lowest BCUT2D eigenvalue weighted by molar-refractivity contribution is -0.124. The Bertz CT molecular complexity index is 1330. The number of benzene rings is 2. The van der Waals surface area contributed by atoms with E-state index in [2.05, 4.69) is 10.3 Å². The second-order valence-electron chi connectivity index (χ2n) is 8.10. The summed E-state index contributed by atoms with van der Waals surface area (Å²) in [5, 5.41) is 2.98. The number of nitrogens with zero attached hydrogens (tertiary/aromatic N) is 4. The molecule has 2 amide bonds. The molecule has 0 aliphatic carbocycles. The highest BCUT2D eigenvalue weighted by molar-refractivity contribution is 6.05. The van der Waals surface area contributed by atoms with Crippen LogP contribution in [0.25, 0.3) is 11.0 Å². The van der Waals surface area contributed by atoms with Gasteiger partial charge >= 0.3 is 0 Å². The van der Waals surface area contributed by atoms with Crippen LogP contribution in [-0.4, -0.2) is 26.3 Å². The fourth-order valence-electron chi connectivity index (χ4n) is 4.15. The van der Waals surface area contributed by atoms with Gasteiger partial charge in [-0.15, -0.1) is 0 Å². The Morgan fingerprint density at radius 2 is 1.88 bits per heavy atom. The molecule has 2 aromatic carbocycles. The van der Waals surface area contributed by atoms with Crippen LogP contribution in [0.15, 0.2) is 66.9 Å². The zero-order valence-electron chi connectivity index (χ0n) is 17.9.